The van der Waals surface area contributed by atoms with Crippen LogP contribution in [0.5, 0.6) is 0 Å². The number of carbonyl (C=O) groups is 1. The highest BCUT2D eigenvalue weighted by Crippen LogP contribution is 1.69. The number of amides is 1. The number of hydrogen-bond donors (Lipinski definition) is 1. The van der Waals surface area contributed by atoms with Gasteiger partial charge in [-0.3, -0.25) is 4.79 Å². The number of likely N-dealkylation sites (N-methyl/N-ethyl adjacent to an activating group) is 1. The Hall–Kier alpha value is -0.570. The molecule has 0 unspecified atom stereocenters. The predicted molar refractivity (Wildman–Crippen MR) is 50.7 cm³/mol. The first kappa shape index (κ1) is 13.1. The van der Waals surface area contributed by atoms with E-state index >= 15 is 0 Å². The van der Waals surface area contributed by atoms with Crippen LogP contribution in [0.2, 0.25) is 0 Å². The molecule has 0 heterocycles. The zero-order valence-corrected chi connectivity index (χ0v) is 8.27. The molecular formula is C8H22N2O. The van der Waals surface area contributed by atoms with Gasteiger partial charge in [-0.15, -0.1) is 0 Å². The molecule has 0 aromatic carbocycles. The summed E-state index contributed by atoms with van der Waals surface area (Å²) in [7, 11) is 3.95. The predicted octanol–water partition coefficient (Wildman–Crippen LogP) is 0.956. The van der Waals surface area contributed by atoms with Crippen LogP contribution >= 0.6 is 0 Å². The standard InChI is InChI=1S/C6H14N2O.C2H6.H2/c1-6(9)7-4-5-8(2)3;1-2;/h4-5H2,1-3H3,(H,7,9);1-2H3;1H. The maximum Gasteiger partial charge on any atom is 0.216 e. The highest BCUT2D eigenvalue weighted by Gasteiger charge is 1.90. The van der Waals surface area contributed by atoms with Gasteiger partial charge in [0.2, 0.25) is 5.91 Å². The molecule has 0 saturated heterocycles. The number of carbonyl (C=O) groups excluding carboxylic acids is 1. The summed E-state index contributed by atoms with van der Waals surface area (Å²) in [5.74, 6) is 0.0388. The molecule has 1 amide bonds. The largest absolute Gasteiger partial charge is 0.355 e. The smallest absolute Gasteiger partial charge is 0.216 e. The van der Waals surface area contributed by atoms with Crippen molar-refractivity contribution >= 4 is 5.91 Å². The van der Waals surface area contributed by atoms with Crippen LogP contribution in [0.3, 0.4) is 0 Å². The molecule has 0 aromatic heterocycles. The Kier molecular flexibility index (Phi) is 11.2. The molecule has 0 aromatic rings. The first-order chi connectivity index (χ1) is 5.13. The molecule has 11 heavy (non-hydrogen) atoms. The van der Waals surface area contributed by atoms with E-state index in [1.54, 1.807) is 0 Å². The fourth-order valence-corrected chi connectivity index (χ4v) is 0.456. The molecule has 0 fully saturated rings. The monoisotopic (exact) mass is 162 g/mol. The van der Waals surface area contributed by atoms with Gasteiger partial charge < -0.3 is 10.2 Å². The second kappa shape index (κ2) is 9.43. The molecule has 0 rings (SSSR count). The molecule has 0 saturated carbocycles. The Labute approximate surface area is 71.3 Å². The van der Waals surface area contributed by atoms with Crippen LogP contribution in [0.15, 0.2) is 0 Å². The van der Waals surface area contributed by atoms with Crippen molar-refractivity contribution in [3.8, 4) is 0 Å². The van der Waals surface area contributed by atoms with Crippen molar-refractivity contribution in [2.24, 2.45) is 0 Å². The summed E-state index contributed by atoms with van der Waals surface area (Å²) in [6.45, 7) is 7.16. The van der Waals surface area contributed by atoms with E-state index in [4.69, 9.17) is 0 Å². The third kappa shape index (κ3) is 17.7. The Morgan fingerprint density at radius 3 is 2.18 bits per heavy atom. The van der Waals surface area contributed by atoms with E-state index in [0.29, 0.717) is 0 Å². The highest BCUT2D eigenvalue weighted by atomic mass is 16.1. The number of rotatable bonds is 3. The summed E-state index contributed by atoms with van der Waals surface area (Å²) in [6.07, 6.45) is 0. The lowest BCUT2D eigenvalue weighted by molar-refractivity contribution is -0.118. The van der Waals surface area contributed by atoms with Crippen molar-refractivity contribution in [2.75, 3.05) is 27.2 Å². The van der Waals surface area contributed by atoms with Gasteiger partial charge in [-0.2, -0.15) is 0 Å². The molecule has 0 aliphatic heterocycles. The summed E-state index contributed by atoms with van der Waals surface area (Å²) in [4.78, 5) is 12.3. The average Bonchev–Trinajstić information content (AvgIpc) is 1.90. The Bertz CT molecular complexity index is 97.1. The summed E-state index contributed by atoms with van der Waals surface area (Å²) in [5, 5.41) is 2.70. The van der Waals surface area contributed by atoms with Gasteiger partial charge in [0.15, 0.2) is 0 Å². The van der Waals surface area contributed by atoms with Gasteiger partial charge in [0.05, 0.1) is 0 Å². The number of hydrogen-bond acceptors (Lipinski definition) is 2. The van der Waals surface area contributed by atoms with Crippen LogP contribution in [-0.2, 0) is 4.79 Å². The lowest BCUT2D eigenvalue weighted by Crippen LogP contribution is -2.29. The topological polar surface area (TPSA) is 32.3 Å². The Morgan fingerprint density at radius 1 is 1.45 bits per heavy atom. The van der Waals surface area contributed by atoms with E-state index in [2.05, 4.69) is 5.32 Å². The first-order valence-corrected chi connectivity index (χ1v) is 4.02. The molecule has 0 aliphatic carbocycles. The minimum atomic E-state index is 0. The minimum absolute atomic E-state index is 0. The Balaban J connectivity index is -0.000000249. The normalized spacial score (nSPS) is 8.55. The average molecular weight is 162 g/mol. The lowest BCUT2D eigenvalue weighted by atomic mass is 10.5. The van der Waals surface area contributed by atoms with Crippen molar-refractivity contribution < 1.29 is 6.22 Å². The van der Waals surface area contributed by atoms with E-state index in [9.17, 15) is 4.79 Å². The van der Waals surface area contributed by atoms with E-state index in [1.165, 1.54) is 6.92 Å². The van der Waals surface area contributed by atoms with Crippen molar-refractivity contribution in [1.82, 2.24) is 10.2 Å². The summed E-state index contributed by atoms with van der Waals surface area (Å²) < 4.78 is 0. The number of nitrogens with zero attached hydrogens (tertiary/aromatic N) is 1. The van der Waals surface area contributed by atoms with E-state index in [0.717, 1.165) is 13.1 Å². The van der Waals surface area contributed by atoms with Crippen LogP contribution in [0.1, 0.15) is 22.2 Å². The van der Waals surface area contributed by atoms with Crippen LogP contribution in [0.25, 0.3) is 0 Å². The van der Waals surface area contributed by atoms with Crippen LogP contribution in [0.4, 0.5) is 0 Å². The maximum absolute atomic E-state index is 10.3. The van der Waals surface area contributed by atoms with Gasteiger partial charge in [-0.25, -0.2) is 0 Å². The van der Waals surface area contributed by atoms with Crippen LogP contribution in [-0.4, -0.2) is 38.0 Å². The molecule has 3 nitrogen and oxygen atoms in total. The number of nitrogens with one attached hydrogen (secondary N) is 1. The molecule has 0 bridgehead atoms. The van der Waals surface area contributed by atoms with E-state index < -0.39 is 0 Å². The highest BCUT2D eigenvalue weighted by molar-refractivity contribution is 5.72. The van der Waals surface area contributed by atoms with Gasteiger partial charge in [0, 0.05) is 21.4 Å². The van der Waals surface area contributed by atoms with Crippen molar-refractivity contribution in [3.05, 3.63) is 0 Å². The minimum Gasteiger partial charge on any atom is -0.355 e. The van der Waals surface area contributed by atoms with Crippen LogP contribution < -0.4 is 5.32 Å². The quantitative estimate of drug-likeness (QED) is 0.670. The van der Waals surface area contributed by atoms with Crippen LogP contribution in [0, 0.1) is 0 Å². The van der Waals surface area contributed by atoms with Crippen molar-refractivity contribution in [3.63, 3.8) is 0 Å². The molecule has 0 radical (unpaired) electrons. The SMILES string of the molecule is CC.CC(=O)NCCN(C)C.[HH]. The first-order valence-electron chi connectivity index (χ1n) is 4.02. The van der Waals surface area contributed by atoms with Crippen molar-refractivity contribution in [1.29, 1.82) is 0 Å². The molecule has 0 atom stereocenters. The fraction of sp³-hybridized carbons (Fsp3) is 0.875. The summed E-state index contributed by atoms with van der Waals surface area (Å²) >= 11 is 0. The maximum atomic E-state index is 10.3. The second-order valence-electron chi connectivity index (χ2n) is 2.29. The van der Waals surface area contributed by atoms with Gasteiger partial charge in [0.1, 0.15) is 0 Å². The Morgan fingerprint density at radius 2 is 1.91 bits per heavy atom. The fourth-order valence-electron chi connectivity index (χ4n) is 0.456. The van der Waals surface area contributed by atoms with Gasteiger partial charge >= 0.3 is 0 Å². The van der Waals surface area contributed by atoms with Gasteiger partial charge in [-0.1, -0.05) is 13.8 Å². The second-order valence-corrected chi connectivity index (χ2v) is 2.29. The molecule has 0 aliphatic rings. The third-order valence-corrected chi connectivity index (χ3v) is 0.933. The molecule has 3 heteroatoms. The lowest BCUT2D eigenvalue weighted by Gasteiger charge is -2.08. The summed E-state index contributed by atoms with van der Waals surface area (Å²) in [5.41, 5.74) is 0. The molecule has 70 valence electrons. The molecule has 1 N–H and O–H groups in total. The molecule has 0 spiro atoms. The van der Waals surface area contributed by atoms with Gasteiger partial charge in [-0.05, 0) is 14.1 Å². The zero-order chi connectivity index (χ0) is 9.28. The van der Waals surface area contributed by atoms with E-state index in [1.807, 2.05) is 32.8 Å². The molecular weight excluding hydrogens is 140 g/mol. The van der Waals surface area contributed by atoms with Gasteiger partial charge in [0.25, 0.3) is 0 Å². The van der Waals surface area contributed by atoms with Crippen molar-refractivity contribution in [2.45, 2.75) is 20.8 Å². The third-order valence-electron chi connectivity index (χ3n) is 0.933. The summed E-state index contributed by atoms with van der Waals surface area (Å²) in [6, 6.07) is 0. The van der Waals surface area contributed by atoms with E-state index in [-0.39, 0.29) is 7.33 Å². The zero-order valence-electron chi connectivity index (χ0n) is 8.27.